The van der Waals surface area contributed by atoms with Gasteiger partial charge >= 0.3 is 0 Å². The second-order valence-corrected chi connectivity index (χ2v) is 9.64. The molecule has 3 aromatic heterocycles. The molecule has 4 heterocycles. The van der Waals surface area contributed by atoms with E-state index in [0.717, 1.165) is 33.9 Å². The highest BCUT2D eigenvalue weighted by atomic mass is 16.5. The van der Waals surface area contributed by atoms with Crippen molar-refractivity contribution in [2.24, 2.45) is 7.05 Å². The second kappa shape index (κ2) is 10.1. The predicted octanol–water partition coefficient (Wildman–Crippen LogP) is 4.37. The van der Waals surface area contributed by atoms with Gasteiger partial charge in [0.25, 0.3) is 5.91 Å². The molecule has 38 heavy (non-hydrogen) atoms. The molecule has 0 bridgehead atoms. The number of aryl methyl sites for hydroxylation is 3. The van der Waals surface area contributed by atoms with Crippen LogP contribution in [0, 0.1) is 25.2 Å². The summed E-state index contributed by atoms with van der Waals surface area (Å²) in [7, 11) is 1.94. The molecule has 0 saturated carbocycles. The number of nitriles is 1. The number of nitrogens with zero attached hydrogens (tertiary/aromatic N) is 7. The zero-order valence-electron chi connectivity index (χ0n) is 22.4. The van der Waals surface area contributed by atoms with Gasteiger partial charge in [-0.2, -0.15) is 10.4 Å². The summed E-state index contributed by atoms with van der Waals surface area (Å²) in [5, 5.41) is 14.0. The van der Waals surface area contributed by atoms with Crippen LogP contribution in [-0.2, 0) is 20.0 Å². The number of amides is 1. The molecule has 0 N–H and O–H groups in total. The van der Waals surface area contributed by atoms with Gasteiger partial charge in [-0.25, -0.2) is 4.98 Å². The Balaban J connectivity index is 1.56. The van der Waals surface area contributed by atoms with E-state index >= 15 is 0 Å². The van der Waals surface area contributed by atoms with E-state index in [1.54, 1.807) is 12.3 Å². The normalized spacial score (nSPS) is 13.8. The molecule has 194 valence electrons. The molecular weight excluding hydrogens is 478 g/mol. The fourth-order valence-corrected chi connectivity index (χ4v) is 5.20. The van der Waals surface area contributed by atoms with E-state index in [1.807, 2.05) is 56.6 Å². The Labute approximate surface area is 222 Å². The summed E-state index contributed by atoms with van der Waals surface area (Å²) >= 11 is 0. The zero-order valence-corrected chi connectivity index (χ0v) is 22.4. The lowest BCUT2D eigenvalue weighted by atomic mass is 9.89. The van der Waals surface area contributed by atoms with Gasteiger partial charge in [0.05, 0.1) is 29.7 Å². The minimum absolute atomic E-state index is 0.0350. The maximum absolute atomic E-state index is 14.0. The van der Waals surface area contributed by atoms with Gasteiger partial charge in [-0.05, 0) is 63.4 Å². The van der Waals surface area contributed by atoms with E-state index in [-0.39, 0.29) is 11.9 Å². The lowest BCUT2D eigenvalue weighted by Gasteiger charge is -2.34. The number of carbonyl (C=O) groups excluding carboxylic acids is 1. The first-order chi connectivity index (χ1) is 18.3. The van der Waals surface area contributed by atoms with Crippen molar-refractivity contribution in [2.75, 3.05) is 13.2 Å². The molecule has 0 aliphatic carbocycles. The summed E-state index contributed by atoms with van der Waals surface area (Å²) in [6, 6.07) is 9.87. The Kier molecular flexibility index (Phi) is 6.72. The molecule has 1 atom stereocenters. The molecule has 0 spiro atoms. The number of aromatic nitrogens is 5. The van der Waals surface area contributed by atoms with Crippen LogP contribution in [0.15, 0.2) is 42.9 Å². The summed E-state index contributed by atoms with van der Waals surface area (Å²) in [5.41, 5.74) is 6.80. The number of hydrogen-bond acceptors (Lipinski definition) is 6. The highest BCUT2D eigenvalue weighted by molar-refractivity contribution is 5.99. The molecule has 0 saturated heterocycles. The number of pyridine rings is 1. The van der Waals surface area contributed by atoms with Crippen molar-refractivity contribution < 1.29 is 9.53 Å². The molecule has 1 amide bonds. The first kappa shape index (κ1) is 25.2. The fourth-order valence-electron chi connectivity index (χ4n) is 5.20. The molecule has 5 rings (SSSR count). The van der Waals surface area contributed by atoms with Crippen LogP contribution in [0.25, 0.3) is 11.3 Å². The summed E-state index contributed by atoms with van der Waals surface area (Å²) in [5.74, 6) is 1.37. The van der Waals surface area contributed by atoms with Crippen LogP contribution in [0.5, 0.6) is 5.75 Å². The van der Waals surface area contributed by atoms with Gasteiger partial charge in [0.2, 0.25) is 0 Å². The third kappa shape index (κ3) is 4.54. The summed E-state index contributed by atoms with van der Waals surface area (Å²) < 4.78 is 9.62. The average molecular weight is 510 g/mol. The molecule has 4 aromatic rings. The minimum Gasteiger partial charge on any atom is -0.492 e. The lowest BCUT2D eigenvalue weighted by molar-refractivity contribution is 0.0669. The quantitative estimate of drug-likeness (QED) is 0.367. The van der Waals surface area contributed by atoms with E-state index in [4.69, 9.17) is 4.74 Å². The first-order valence-corrected chi connectivity index (χ1v) is 12.8. The summed E-state index contributed by atoms with van der Waals surface area (Å²) in [4.78, 5) is 24.7. The average Bonchev–Trinajstić information content (AvgIpc) is 3.47. The van der Waals surface area contributed by atoms with E-state index in [1.165, 1.54) is 6.20 Å². The van der Waals surface area contributed by atoms with Crippen molar-refractivity contribution in [3.8, 4) is 23.1 Å². The Morgan fingerprint density at radius 1 is 1.16 bits per heavy atom. The first-order valence-electron chi connectivity index (χ1n) is 12.8. The van der Waals surface area contributed by atoms with Crippen LogP contribution in [-0.4, -0.2) is 48.3 Å². The number of rotatable bonds is 7. The SMILES string of the molecule is CCOc1cc(C(C)N2CCc3c(cc(Cn4ccnc4C)cc3-c3cc(C)nn3C)C2=O)ncc1C#N. The summed E-state index contributed by atoms with van der Waals surface area (Å²) in [6.07, 6.45) is 5.97. The number of benzene rings is 1. The van der Waals surface area contributed by atoms with Crippen LogP contribution in [0.3, 0.4) is 0 Å². The van der Waals surface area contributed by atoms with Crippen molar-refractivity contribution in [3.05, 3.63) is 82.3 Å². The van der Waals surface area contributed by atoms with Crippen molar-refractivity contribution in [3.63, 3.8) is 0 Å². The molecule has 9 heteroatoms. The molecule has 9 nitrogen and oxygen atoms in total. The van der Waals surface area contributed by atoms with Gasteiger partial charge in [0.15, 0.2) is 0 Å². The van der Waals surface area contributed by atoms with E-state index in [0.29, 0.717) is 48.7 Å². The van der Waals surface area contributed by atoms with Gasteiger partial charge in [0, 0.05) is 55.9 Å². The third-order valence-electron chi connectivity index (χ3n) is 7.16. The highest BCUT2D eigenvalue weighted by Gasteiger charge is 2.32. The standard InChI is InChI=1S/C29H31N7O2/c1-6-38-28-14-26(32-16-22(28)15-30)19(3)36-9-7-23-24(27-11-18(2)33-34(27)5)12-21(13-25(23)29(36)37)17-35-10-8-31-20(35)4/h8,10-14,16,19H,6-7,9,17H2,1-5H3. The molecule has 1 aliphatic rings. The van der Waals surface area contributed by atoms with Crippen LogP contribution in [0.4, 0.5) is 0 Å². The third-order valence-corrected chi connectivity index (χ3v) is 7.16. The van der Waals surface area contributed by atoms with Gasteiger partial charge in [0.1, 0.15) is 23.2 Å². The van der Waals surface area contributed by atoms with Gasteiger partial charge in [-0.15, -0.1) is 0 Å². The zero-order chi connectivity index (χ0) is 27.0. The van der Waals surface area contributed by atoms with E-state index < -0.39 is 0 Å². The lowest BCUT2D eigenvalue weighted by Crippen LogP contribution is -2.40. The smallest absolute Gasteiger partial charge is 0.254 e. The molecule has 0 fully saturated rings. The van der Waals surface area contributed by atoms with Crippen LogP contribution >= 0.6 is 0 Å². The van der Waals surface area contributed by atoms with Gasteiger partial charge in [-0.1, -0.05) is 0 Å². The fraction of sp³-hybridized carbons (Fsp3) is 0.345. The van der Waals surface area contributed by atoms with Crippen molar-refractivity contribution in [1.29, 1.82) is 5.26 Å². The van der Waals surface area contributed by atoms with E-state index in [9.17, 15) is 10.1 Å². The minimum atomic E-state index is -0.287. The molecular formula is C29H31N7O2. The van der Waals surface area contributed by atoms with Crippen LogP contribution in [0.2, 0.25) is 0 Å². The van der Waals surface area contributed by atoms with Crippen LogP contribution < -0.4 is 4.74 Å². The number of hydrogen-bond donors (Lipinski definition) is 0. The molecule has 1 aromatic carbocycles. The highest BCUT2D eigenvalue weighted by Crippen LogP contribution is 2.35. The monoisotopic (exact) mass is 509 g/mol. The number of carbonyl (C=O) groups is 1. The Hall–Kier alpha value is -4.45. The van der Waals surface area contributed by atoms with Crippen molar-refractivity contribution in [2.45, 2.75) is 46.7 Å². The Morgan fingerprint density at radius 2 is 1.95 bits per heavy atom. The van der Waals surface area contributed by atoms with Gasteiger partial charge < -0.3 is 14.2 Å². The topological polar surface area (TPSA) is 102 Å². The molecule has 1 unspecified atom stereocenters. The van der Waals surface area contributed by atoms with E-state index in [2.05, 4.69) is 37.8 Å². The van der Waals surface area contributed by atoms with Crippen molar-refractivity contribution >= 4 is 5.91 Å². The van der Waals surface area contributed by atoms with Crippen LogP contribution in [0.1, 0.15) is 64.1 Å². The largest absolute Gasteiger partial charge is 0.492 e. The van der Waals surface area contributed by atoms with Gasteiger partial charge in [-0.3, -0.25) is 14.5 Å². The predicted molar refractivity (Wildman–Crippen MR) is 143 cm³/mol. The number of fused-ring (bicyclic) bond motifs is 1. The second-order valence-electron chi connectivity index (χ2n) is 9.64. The number of ether oxygens (including phenoxy) is 1. The van der Waals surface area contributed by atoms with Crippen molar-refractivity contribution in [1.82, 2.24) is 29.2 Å². The maximum Gasteiger partial charge on any atom is 0.254 e. The summed E-state index contributed by atoms with van der Waals surface area (Å²) in [6.45, 7) is 9.40. The number of imidazole rings is 1. The Bertz CT molecular complexity index is 1560. The maximum atomic E-state index is 14.0. The molecule has 1 aliphatic heterocycles. The molecule has 0 radical (unpaired) electrons. The Morgan fingerprint density at radius 3 is 2.61 bits per heavy atom.